The molecule has 1 aliphatic heterocycles. The summed E-state index contributed by atoms with van der Waals surface area (Å²) in [5.41, 5.74) is 5.58. The average molecular weight is 535 g/mol. The number of benzene rings is 1. The number of aryl methyl sites for hydroxylation is 2. The van der Waals surface area contributed by atoms with Gasteiger partial charge in [-0.3, -0.25) is 13.3 Å². The van der Waals surface area contributed by atoms with Crippen LogP contribution in [0.5, 0.6) is 0 Å². The molecule has 3 N–H and O–H groups in total. The van der Waals surface area contributed by atoms with Gasteiger partial charge < -0.3 is 29.8 Å². The first-order valence-corrected chi connectivity index (χ1v) is 11.5. The minimum atomic E-state index is -2.94. The molecule has 14 heteroatoms. The first kappa shape index (κ1) is 28.5. The van der Waals surface area contributed by atoms with Crippen LogP contribution in [0.25, 0.3) is 0 Å². The van der Waals surface area contributed by atoms with E-state index in [-0.39, 0.29) is 50.0 Å². The molecule has 2 aromatic rings. The lowest BCUT2D eigenvalue weighted by Gasteiger charge is -2.34. The van der Waals surface area contributed by atoms with Gasteiger partial charge in [-0.25, -0.2) is 13.6 Å². The first-order chi connectivity index (χ1) is 16.1. The van der Waals surface area contributed by atoms with Crippen molar-refractivity contribution in [2.24, 2.45) is 18.7 Å². The van der Waals surface area contributed by atoms with Gasteiger partial charge in [0.2, 0.25) is 0 Å². The van der Waals surface area contributed by atoms with Crippen LogP contribution in [0, 0.1) is 24.5 Å². The standard InChI is InChI=1S/C21H27F2N5O5S.ClH/c1-4-33-21(30)27-9-13(8-24)16(11-27)28(34(31)32)17-10-26(3)19(18(17)23)20(29)25-14-5-6-15(22)12(2)7-14;/h5-7,10,13,16H,4,8-9,11,24H2,1-3H3,(H,25,29)(H,31,32);1H/p-1. The smallest absolute Gasteiger partial charge is 0.409 e. The van der Waals surface area contributed by atoms with Crippen molar-refractivity contribution in [2.45, 2.75) is 19.9 Å². The molecule has 1 fully saturated rings. The number of ether oxygens (including phenoxy) is 1. The fraction of sp³-hybridized carbons (Fsp3) is 0.429. The highest BCUT2D eigenvalue weighted by Gasteiger charge is 2.41. The van der Waals surface area contributed by atoms with E-state index in [1.54, 1.807) is 6.92 Å². The molecule has 0 radical (unpaired) electrons. The molecule has 1 aromatic heterocycles. The number of hydrogen-bond acceptors (Lipinski definition) is 6. The van der Waals surface area contributed by atoms with Crippen LogP contribution in [0.1, 0.15) is 23.0 Å². The second kappa shape index (κ2) is 11.8. The molecule has 1 aliphatic rings. The number of likely N-dealkylation sites (tertiary alicyclic amines) is 1. The molecule has 0 saturated carbocycles. The summed E-state index contributed by atoms with van der Waals surface area (Å²) in [6.45, 7) is 3.43. The van der Waals surface area contributed by atoms with Gasteiger partial charge in [0.1, 0.15) is 17.2 Å². The molecule has 3 atom stereocenters. The highest BCUT2D eigenvalue weighted by Crippen LogP contribution is 2.32. The van der Waals surface area contributed by atoms with E-state index in [2.05, 4.69) is 5.32 Å². The van der Waals surface area contributed by atoms with Gasteiger partial charge in [0.15, 0.2) is 5.82 Å². The van der Waals surface area contributed by atoms with Gasteiger partial charge in [-0.15, -0.1) is 12.4 Å². The Morgan fingerprint density at radius 1 is 1.34 bits per heavy atom. The largest absolute Gasteiger partial charge is 0.755 e. The van der Waals surface area contributed by atoms with Gasteiger partial charge in [-0.2, -0.15) is 0 Å². The summed E-state index contributed by atoms with van der Waals surface area (Å²) in [7, 11) is 1.39. The summed E-state index contributed by atoms with van der Waals surface area (Å²) in [6, 6.07) is 3.03. The Morgan fingerprint density at radius 3 is 2.60 bits per heavy atom. The SMILES string of the molecule is CCOC(=O)N1CC(CN)C(N(c2cn(C)c(C(=O)Nc3ccc(F)c(C)c3)c2F)S(=O)[O-])C1.Cl. The van der Waals surface area contributed by atoms with E-state index in [0.717, 1.165) is 8.87 Å². The van der Waals surface area contributed by atoms with Crippen LogP contribution in [0.3, 0.4) is 0 Å². The molecule has 2 heterocycles. The molecule has 0 spiro atoms. The number of nitrogens with one attached hydrogen (secondary N) is 1. The number of halogens is 3. The van der Waals surface area contributed by atoms with Gasteiger partial charge in [0.25, 0.3) is 5.91 Å². The van der Waals surface area contributed by atoms with Gasteiger partial charge in [0.05, 0.1) is 12.6 Å². The Kier molecular flexibility index (Phi) is 9.60. The quantitative estimate of drug-likeness (QED) is 0.524. The third-order valence-electron chi connectivity index (χ3n) is 5.67. The van der Waals surface area contributed by atoms with Crippen LogP contribution in [0.15, 0.2) is 24.4 Å². The molecule has 3 rings (SSSR count). The number of hydrogen-bond donors (Lipinski definition) is 2. The third-order valence-corrected chi connectivity index (χ3v) is 6.46. The van der Waals surface area contributed by atoms with E-state index < -0.39 is 52.6 Å². The Labute approximate surface area is 210 Å². The monoisotopic (exact) mass is 534 g/mol. The van der Waals surface area contributed by atoms with Crippen LogP contribution >= 0.6 is 12.4 Å². The lowest BCUT2D eigenvalue weighted by Crippen LogP contribution is -2.44. The van der Waals surface area contributed by atoms with Crippen molar-refractivity contribution in [3.63, 3.8) is 0 Å². The number of anilines is 2. The fourth-order valence-corrected chi connectivity index (χ4v) is 4.74. The zero-order valence-electron chi connectivity index (χ0n) is 19.3. The van der Waals surface area contributed by atoms with Gasteiger partial charge >= 0.3 is 6.09 Å². The van der Waals surface area contributed by atoms with E-state index in [0.29, 0.717) is 5.56 Å². The Balaban J connectivity index is 0.00000432. The van der Waals surface area contributed by atoms with Crippen molar-refractivity contribution < 1.29 is 31.9 Å². The molecule has 194 valence electrons. The maximum Gasteiger partial charge on any atom is 0.409 e. The summed E-state index contributed by atoms with van der Waals surface area (Å²) < 4.78 is 60.3. The average Bonchev–Trinajstić information content (AvgIpc) is 3.32. The molecule has 0 aliphatic carbocycles. The molecule has 1 aromatic carbocycles. The van der Waals surface area contributed by atoms with E-state index in [4.69, 9.17) is 10.5 Å². The molecule has 2 amide bonds. The second-order valence-corrected chi connectivity index (χ2v) is 8.74. The van der Waals surface area contributed by atoms with Crippen LogP contribution in [0.4, 0.5) is 25.0 Å². The van der Waals surface area contributed by atoms with Crippen molar-refractivity contribution in [2.75, 3.05) is 35.9 Å². The van der Waals surface area contributed by atoms with E-state index in [1.165, 1.54) is 43.3 Å². The van der Waals surface area contributed by atoms with Crippen molar-refractivity contribution in [3.05, 3.63) is 47.3 Å². The highest BCUT2D eigenvalue weighted by atomic mass is 35.5. The number of rotatable bonds is 7. The molecular formula is C21H27ClF2N5O5S-. The van der Waals surface area contributed by atoms with Crippen LogP contribution < -0.4 is 15.4 Å². The first-order valence-electron chi connectivity index (χ1n) is 10.5. The number of nitrogens with zero attached hydrogens (tertiary/aromatic N) is 3. The van der Waals surface area contributed by atoms with Crippen LogP contribution in [-0.4, -0.2) is 62.5 Å². The van der Waals surface area contributed by atoms with Crippen molar-refractivity contribution in [1.29, 1.82) is 0 Å². The normalized spacial score (nSPS) is 18.1. The highest BCUT2D eigenvalue weighted by molar-refractivity contribution is 7.80. The summed E-state index contributed by atoms with van der Waals surface area (Å²) in [5, 5.41) is 2.49. The lowest BCUT2D eigenvalue weighted by molar-refractivity contribution is 0.101. The summed E-state index contributed by atoms with van der Waals surface area (Å²) in [5.74, 6) is -2.85. The van der Waals surface area contributed by atoms with Crippen molar-refractivity contribution in [3.8, 4) is 0 Å². The van der Waals surface area contributed by atoms with E-state index in [9.17, 15) is 22.7 Å². The molecule has 10 nitrogen and oxygen atoms in total. The Morgan fingerprint density at radius 2 is 2.03 bits per heavy atom. The molecular weight excluding hydrogens is 508 g/mol. The van der Waals surface area contributed by atoms with E-state index in [1.807, 2.05) is 0 Å². The number of aromatic nitrogens is 1. The zero-order valence-corrected chi connectivity index (χ0v) is 21.0. The van der Waals surface area contributed by atoms with Gasteiger partial charge in [0, 0.05) is 49.2 Å². The van der Waals surface area contributed by atoms with Crippen LogP contribution in [-0.2, 0) is 23.1 Å². The molecule has 1 saturated heterocycles. The fourth-order valence-electron chi connectivity index (χ4n) is 3.99. The maximum atomic E-state index is 15.5. The zero-order chi connectivity index (χ0) is 25.2. The number of nitrogens with two attached hydrogens (primary N) is 1. The van der Waals surface area contributed by atoms with Gasteiger partial charge in [-0.1, -0.05) is 0 Å². The Hall–Kier alpha value is -2.74. The van der Waals surface area contributed by atoms with Crippen molar-refractivity contribution >= 4 is 47.0 Å². The van der Waals surface area contributed by atoms with E-state index >= 15 is 4.39 Å². The summed E-state index contributed by atoms with van der Waals surface area (Å²) in [6.07, 6.45) is 0.555. The summed E-state index contributed by atoms with van der Waals surface area (Å²) in [4.78, 5) is 26.3. The predicted octanol–water partition coefficient (Wildman–Crippen LogP) is 2.30. The Bertz CT molecular complexity index is 1120. The van der Waals surface area contributed by atoms with Crippen LogP contribution in [0.2, 0.25) is 0 Å². The minimum Gasteiger partial charge on any atom is -0.755 e. The number of carbonyl (C=O) groups is 2. The third kappa shape index (κ3) is 5.92. The topological polar surface area (TPSA) is 133 Å². The number of amides is 2. The minimum absolute atomic E-state index is 0. The molecule has 35 heavy (non-hydrogen) atoms. The maximum absolute atomic E-state index is 15.5. The number of carbonyl (C=O) groups excluding carboxylic acids is 2. The molecule has 0 bridgehead atoms. The predicted molar refractivity (Wildman–Crippen MR) is 128 cm³/mol. The van der Waals surface area contributed by atoms with Crippen molar-refractivity contribution in [1.82, 2.24) is 9.47 Å². The second-order valence-electron chi connectivity index (χ2n) is 7.92. The van der Waals surface area contributed by atoms with Gasteiger partial charge in [-0.05, 0) is 44.2 Å². The molecule has 3 unspecified atom stereocenters. The lowest BCUT2D eigenvalue weighted by atomic mass is 10.0. The summed E-state index contributed by atoms with van der Waals surface area (Å²) >= 11 is -2.94.